The number of rotatable bonds is 3. The molecular formula is C15H14N2O3. The zero-order valence-electron chi connectivity index (χ0n) is 10.8. The number of aromatic nitrogens is 1. The fraction of sp³-hybridized carbons (Fsp3) is 0.200. The first-order valence-electron chi connectivity index (χ1n) is 6.43. The number of ether oxygens (including phenoxy) is 1. The van der Waals surface area contributed by atoms with E-state index in [2.05, 4.69) is 4.98 Å². The average Bonchev–Trinajstić information content (AvgIpc) is 2.84. The van der Waals surface area contributed by atoms with Gasteiger partial charge in [-0.1, -0.05) is 6.07 Å². The number of phenols is 1. The lowest BCUT2D eigenvalue weighted by molar-refractivity contribution is 0.0997. The number of carbonyl (C=O) groups is 1. The molecule has 1 aromatic carbocycles. The highest BCUT2D eigenvalue weighted by molar-refractivity contribution is 5.95. The molecule has 0 bridgehead atoms. The van der Waals surface area contributed by atoms with Crippen LogP contribution >= 0.6 is 0 Å². The quantitative estimate of drug-likeness (QED) is 0.895. The van der Waals surface area contributed by atoms with Crippen molar-refractivity contribution in [1.82, 2.24) is 4.98 Å². The van der Waals surface area contributed by atoms with Crippen LogP contribution in [0, 0.1) is 0 Å². The number of benzene rings is 1. The van der Waals surface area contributed by atoms with E-state index < -0.39 is 5.91 Å². The van der Waals surface area contributed by atoms with E-state index >= 15 is 0 Å². The van der Waals surface area contributed by atoms with E-state index in [9.17, 15) is 9.90 Å². The maximum absolute atomic E-state index is 11.5. The number of amides is 1. The molecule has 102 valence electrons. The van der Waals surface area contributed by atoms with Gasteiger partial charge in [0.1, 0.15) is 17.1 Å². The van der Waals surface area contributed by atoms with Crippen LogP contribution in [0.1, 0.15) is 28.0 Å². The third-order valence-electron chi connectivity index (χ3n) is 3.31. The molecule has 0 atom stereocenters. The molecule has 1 amide bonds. The Hall–Kier alpha value is -2.56. The Balaban J connectivity index is 2.01. The van der Waals surface area contributed by atoms with E-state index in [1.165, 1.54) is 12.1 Å². The number of hydrogen-bond acceptors (Lipinski definition) is 4. The lowest BCUT2D eigenvalue weighted by Gasteiger charge is -2.10. The lowest BCUT2D eigenvalue weighted by atomic mass is 10.1. The minimum Gasteiger partial charge on any atom is -0.508 e. The topological polar surface area (TPSA) is 85.4 Å². The summed E-state index contributed by atoms with van der Waals surface area (Å²) in [5.74, 6) is 0.133. The summed E-state index contributed by atoms with van der Waals surface area (Å²) in [5, 5.41) is 9.43. The molecule has 1 aliphatic carbocycles. The smallest absolute Gasteiger partial charge is 0.254 e. The molecule has 0 unspecified atom stereocenters. The van der Waals surface area contributed by atoms with Crippen molar-refractivity contribution in [3.8, 4) is 17.4 Å². The summed E-state index contributed by atoms with van der Waals surface area (Å²) >= 11 is 0. The maximum Gasteiger partial charge on any atom is 0.254 e. The molecule has 0 saturated carbocycles. The standard InChI is InChI=1S/C15H14N2O3/c16-14(19)12-7-9-3-1-6-13(9)17-15(12)20-11-5-2-4-10(18)8-11/h2,4-5,7-8,18H,1,3,6H2,(H2,16,19). The van der Waals surface area contributed by atoms with E-state index in [-0.39, 0.29) is 17.2 Å². The van der Waals surface area contributed by atoms with E-state index in [0.29, 0.717) is 5.75 Å². The zero-order valence-corrected chi connectivity index (χ0v) is 10.8. The first-order chi connectivity index (χ1) is 9.63. The molecule has 0 aliphatic heterocycles. The van der Waals surface area contributed by atoms with Gasteiger partial charge in [0.2, 0.25) is 5.88 Å². The molecule has 0 fully saturated rings. The Morgan fingerprint density at radius 2 is 2.15 bits per heavy atom. The highest BCUT2D eigenvalue weighted by Gasteiger charge is 2.20. The van der Waals surface area contributed by atoms with Gasteiger partial charge in [-0.3, -0.25) is 4.79 Å². The highest BCUT2D eigenvalue weighted by Crippen LogP contribution is 2.30. The fourth-order valence-electron chi connectivity index (χ4n) is 2.37. The van der Waals surface area contributed by atoms with Crippen molar-refractivity contribution in [2.75, 3.05) is 0 Å². The summed E-state index contributed by atoms with van der Waals surface area (Å²) in [7, 11) is 0. The molecule has 0 spiro atoms. The number of carbonyl (C=O) groups excluding carboxylic acids is 1. The van der Waals surface area contributed by atoms with Gasteiger partial charge in [-0.25, -0.2) is 4.98 Å². The Morgan fingerprint density at radius 1 is 1.30 bits per heavy atom. The number of pyridine rings is 1. The molecule has 5 heteroatoms. The van der Waals surface area contributed by atoms with Crippen LogP contribution in [0.2, 0.25) is 0 Å². The summed E-state index contributed by atoms with van der Waals surface area (Å²) < 4.78 is 5.60. The average molecular weight is 270 g/mol. The molecule has 3 rings (SSSR count). The summed E-state index contributed by atoms with van der Waals surface area (Å²) in [6.45, 7) is 0. The second-order valence-corrected chi connectivity index (χ2v) is 4.76. The first-order valence-corrected chi connectivity index (χ1v) is 6.43. The number of hydrogen-bond donors (Lipinski definition) is 2. The normalized spacial score (nSPS) is 13.0. The van der Waals surface area contributed by atoms with Crippen LogP contribution in [0.4, 0.5) is 0 Å². The van der Waals surface area contributed by atoms with Gasteiger partial charge in [0, 0.05) is 11.8 Å². The molecule has 1 heterocycles. The van der Waals surface area contributed by atoms with E-state index in [0.717, 1.165) is 30.5 Å². The van der Waals surface area contributed by atoms with Gasteiger partial charge in [0.25, 0.3) is 5.91 Å². The largest absolute Gasteiger partial charge is 0.508 e. The molecule has 3 N–H and O–H groups in total. The molecule has 0 saturated heterocycles. The number of nitrogens with two attached hydrogens (primary N) is 1. The van der Waals surface area contributed by atoms with Gasteiger partial charge in [0.15, 0.2) is 0 Å². The summed E-state index contributed by atoms with van der Waals surface area (Å²) in [6.07, 6.45) is 2.82. The molecule has 2 aromatic rings. The first kappa shape index (κ1) is 12.5. The maximum atomic E-state index is 11.5. The monoisotopic (exact) mass is 270 g/mol. The number of nitrogens with zero attached hydrogens (tertiary/aromatic N) is 1. The third kappa shape index (κ3) is 2.30. The van der Waals surface area contributed by atoms with Gasteiger partial charge in [-0.05, 0) is 43.0 Å². The lowest BCUT2D eigenvalue weighted by Crippen LogP contribution is -2.14. The van der Waals surface area contributed by atoms with Crippen molar-refractivity contribution < 1.29 is 14.6 Å². The minimum atomic E-state index is -0.567. The van der Waals surface area contributed by atoms with Gasteiger partial charge in [0.05, 0.1) is 0 Å². The van der Waals surface area contributed by atoms with Crippen LogP contribution in [-0.2, 0) is 12.8 Å². The molecule has 0 radical (unpaired) electrons. The molecule has 5 nitrogen and oxygen atoms in total. The van der Waals surface area contributed by atoms with Crippen molar-refractivity contribution in [3.05, 3.63) is 47.2 Å². The molecule has 20 heavy (non-hydrogen) atoms. The minimum absolute atomic E-state index is 0.0873. The van der Waals surface area contributed by atoms with Crippen LogP contribution < -0.4 is 10.5 Å². The second-order valence-electron chi connectivity index (χ2n) is 4.76. The van der Waals surface area contributed by atoms with Crippen molar-refractivity contribution in [1.29, 1.82) is 0 Å². The van der Waals surface area contributed by atoms with Crippen LogP contribution in [0.5, 0.6) is 17.4 Å². The molecule has 1 aliphatic rings. The number of aromatic hydroxyl groups is 1. The SMILES string of the molecule is NC(=O)c1cc2c(nc1Oc1cccc(O)c1)CCC2. The van der Waals surface area contributed by atoms with Crippen LogP contribution in [0.15, 0.2) is 30.3 Å². The van der Waals surface area contributed by atoms with Crippen LogP contribution in [0.3, 0.4) is 0 Å². The van der Waals surface area contributed by atoms with Gasteiger partial charge in [-0.2, -0.15) is 0 Å². The number of fused-ring (bicyclic) bond motifs is 1. The van der Waals surface area contributed by atoms with E-state index in [4.69, 9.17) is 10.5 Å². The van der Waals surface area contributed by atoms with Gasteiger partial charge in [-0.15, -0.1) is 0 Å². The van der Waals surface area contributed by atoms with E-state index in [1.54, 1.807) is 18.2 Å². The number of aryl methyl sites for hydroxylation is 2. The van der Waals surface area contributed by atoms with Crippen LogP contribution in [-0.4, -0.2) is 16.0 Å². The summed E-state index contributed by atoms with van der Waals surface area (Å²) in [4.78, 5) is 15.9. The Morgan fingerprint density at radius 3 is 2.90 bits per heavy atom. The zero-order chi connectivity index (χ0) is 14.1. The van der Waals surface area contributed by atoms with Crippen molar-refractivity contribution >= 4 is 5.91 Å². The van der Waals surface area contributed by atoms with Crippen molar-refractivity contribution in [3.63, 3.8) is 0 Å². The highest BCUT2D eigenvalue weighted by atomic mass is 16.5. The van der Waals surface area contributed by atoms with Crippen molar-refractivity contribution in [2.45, 2.75) is 19.3 Å². The number of phenolic OH excluding ortho intramolecular Hbond substituents is 1. The number of primary amides is 1. The molecule has 1 aromatic heterocycles. The van der Waals surface area contributed by atoms with Crippen LogP contribution in [0.25, 0.3) is 0 Å². The molecular weight excluding hydrogens is 256 g/mol. The summed E-state index contributed by atoms with van der Waals surface area (Å²) in [5.41, 5.74) is 7.66. The summed E-state index contributed by atoms with van der Waals surface area (Å²) in [6, 6.07) is 8.09. The van der Waals surface area contributed by atoms with E-state index in [1.807, 2.05) is 0 Å². The fourth-order valence-corrected chi connectivity index (χ4v) is 2.37. The Bertz CT molecular complexity index is 683. The predicted octanol–water partition coefficient (Wildman–Crippen LogP) is 2.17. The van der Waals surface area contributed by atoms with Crippen molar-refractivity contribution in [2.24, 2.45) is 5.73 Å². The third-order valence-corrected chi connectivity index (χ3v) is 3.31. The van der Waals surface area contributed by atoms with Gasteiger partial charge >= 0.3 is 0 Å². The van der Waals surface area contributed by atoms with Gasteiger partial charge < -0.3 is 15.6 Å². The second kappa shape index (κ2) is 4.85. The Labute approximate surface area is 116 Å². The predicted molar refractivity (Wildman–Crippen MR) is 73.0 cm³/mol. The Kier molecular flexibility index (Phi) is 3.02.